The first-order valence-corrected chi connectivity index (χ1v) is 7.81. The lowest BCUT2D eigenvalue weighted by molar-refractivity contribution is -0.0687. The molecule has 0 fully saturated rings. The highest BCUT2D eigenvalue weighted by Crippen LogP contribution is 2.47. The number of ether oxygens (including phenoxy) is 3. The van der Waals surface area contributed by atoms with Crippen LogP contribution >= 0.6 is 0 Å². The first-order valence-electron chi connectivity index (χ1n) is 7.81. The monoisotopic (exact) mass is 336 g/mol. The van der Waals surface area contributed by atoms with Gasteiger partial charge in [0.2, 0.25) is 6.29 Å². The van der Waals surface area contributed by atoms with Crippen LogP contribution in [0, 0.1) is 0 Å². The van der Waals surface area contributed by atoms with Crippen molar-refractivity contribution in [1.82, 2.24) is 0 Å². The zero-order valence-electron chi connectivity index (χ0n) is 13.8. The number of rotatable bonds is 3. The van der Waals surface area contributed by atoms with E-state index in [9.17, 15) is 9.90 Å². The van der Waals surface area contributed by atoms with Crippen LogP contribution in [0.2, 0.25) is 0 Å². The molecule has 126 valence electrons. The predicted molar refractivity (Wildman–Crippen MR) is 92.9 cm³/mol. The molecule has 1 aliphatic heterocycles. The molecule has 1 unspecified atom stereocenters. The van der Waals surface area contributed by atoms with E-state index in [-0.39, 0.29) is 0 Å². The van der Waals surface area contributed by atoms with Gasteiger partial charge in [0.25, 0.3) is 0 Å². The van der Waals surface area contributed by atoms with Crippen molar-refractivity contribution in [3.63, 3.8) is 0 Å². The summed E-state index contributed by atoms with van der Waals surface area (Å²) in [5.41, 5.74) is 2.74. The number of hydrogen-bond acceptors (Lipinski definition) is 5. The van der Waals surface area contributed by atoms with Crippen molar-refractivity contribution in [3.05, 3.63) is 59.7 Å². The van der Waals surface area contributed by atoms with Crippen LogP contribution in [-0.4, -0.2) is 25.3 Å². The second-order valence-electron chi connectivity index (χ2n) is 5.74. The van der Waals surface area contributed by atoms with Gasteiger partial charge in [-0.05, 0) is 23.3 Å². The van der Waals surface area contributed by atoms with Crippen LogP contribution in [0.5, 0.6) is 11.5 Å². The topological polar surface area (TPSA) is 65.0 Å². The third-order valence-corrected chi connectivity index (χ3v) is 4.44. The molecule has 0 bridgehead atoms. The quantitative estimate of drug-likeness (QED) is 0.739. The largest absolute Gasteiger partial charge is 0.493 e. The van der Waals surface area contributed by atoms with E-state index in [0.29, 0.717) is 28.0 Å². The average Bonchev–Trinajstić information content (AvgIpc) is 2.65. The van der Waals surface area contributed by atoms with Crippen LogP contribution in [0.4, 0.5) is 0 Å². The molecule has 0 radical (unpaired) electrons. The maximum absolute atomic E-state index is 12.2. The molecule has 3 aromatic carbocycles. The highest BCUT2D eigenvalue weighted by Gasteiger charge is 2.31. The fourth-order valence-electron chi connectivity index (χ4n) is 3.35. The summed E-state index contributed by atoms with van der Waals surface area (Å²) in [5, 5.41) is 11.6. The zero-order chi connectivity index (χ0) is 17.6. The summed E-state index contributed by atoms with van der Waals surface area (Å²) in [7, 11) is 3.09. The van der Waals surface area contributed by atoms with Crippen molar-refractivity contribution < 1.29 is 24.1 Å². The fourth-order valence-corrected chi connectivity index (χ4v) is 3.35. The highest BCUT2D eigenvalue weighted by molar-refractivity contribution is 6.14. The second kappa shape index (κ2) is 5.79. The van der Waals surface area contributed by atoms with Gasteiger partial charge in [0.15, 0.2) is 11.5 Å². The van der Waals surface area contributed by atoms with Crippen LogP contribution < -0.4 is 9.47 Å². The normalized spacial score (nSPS) is 15.8. The first kappa shape index (κ1) is 15.5. The summed E-state index contributed by atoms with van der Waals surface area (Å²) in [4.78, 5) is 12.2. The molecule has 0 spiro atoms. The van der Waals surface area contributed by atoms with Gasteiger partial charge in [-0.1, -0.05) is 36.4 Å². The van der Waals surface area contributed by atoms with Crippen molar-refractivity contribution >= 4 is 16.7 Å². The number of esters is 1. The summed E-state index contributed by atoms with van der Waals surface area (Å²) < 4.78 is 16.1. The molecule has 4 rings (SSSR count). The number of aliphatic hydroxyl groups is 1. The highest BCUT2D eigenvalue weighted by atomic mass is 16.6. The van der Waals surface area contributed by atoms with E-state index in [0.717, 1.165) is 16.5 Å². The van der Waals surface area contributed by atoms with Gasteiger partial charge in [-0.15, -0.1) is 0 Å². The van der Waals surface area contributed by atoms with Gasteiger partial charge >= 0.3 is 5.97 Å². The number of hydrogen-bond donors (Lipinski definition) is 1. The van der Waals surface area contributed by atoms with E-state index < -0.39 is 12.3 Å². The van der Waals surface area contributed by atoms with Crippen LogP contribution in [0.1, 0.15) is 22.2 Å². The lowest BCUT2D eigenvalue weighted by Crippen LogP contribution is -2.18. The molecule has 0 saturated carbocycles. The average molecular weight is 336 g/mol. The van der Waals surface area contributed by atoms with E-state index in [1.54, 1.807) is 19.2 Å². The van der Waals surface area contributed by atoms with Gasteiger partial charge in [0, 0.05) is 16.3 Å². The van der Waals surface area contributed by atoms with E-state index in [2.05, 4.69) is 0 Å². The second-order valence-corrected chi connectivity index (χ2v) is 5.74. The van der Waals surface area contributed by atoms with Crippen LogP contribution in [-0.2, 0) is 4.74 Å². The minimum Gasteiger partial charge on any atom is -0.493 e. The molecule has 3 aromatic rings. The molecule has 5 nitrogen and oxygen atoms in total. The minimum absolute atomic E-state index is 0.399. The number of cyclic esters (lactones) is 1. The van der Waals surface area contributed by atoms with Crippen molar-refractivity contribution in [2.45, 2.75) is 6.29 Å². The van der Waals surface area contributed by atoms with Crippen LogP contribution in [0.15, 0.2) is 48.5 Å². The Balaban J connectivity index is 2.20. The molecule has 1 aliphatic rings. The molecular formula is C20H16O5. The lowest BCUT2D eigenvalue weighted by atomic mass is 9.89. The molecule has 1 heterocycles. The minimum atomic E-state index is -1.34. The summed E-state index contributed by atoms with van der Waals surface area (Å²) in [6.45, 7) is 0. The van der Waals surface area contributed by atoms with E-state index in [1.165, 1.54) is 7.11 Å². The summed E-state index contributed by atoms with van der Waals surface area (Å²) in [6, 6.07) is 15.0. The lowest BCUT2D eigenvalue weighted by Gasteiger charge is -2.25. The Morgan fingerprint density at radius 3 is 2.36 bits per heavy atom. The maximum atomic E-state index is 12.2. The first-order chi connectivity index (χ1) is 12.2. The Morgan fingerprint density at radius 2 is 1.68 bits per heavy atom. The molecule has 0 aliphatic carbocycles. The molecule has 0 saturated heterocycles. The van der Waals surface area contributed by atoms with Crippen molar-refractivity contribution in [1.29, 1.82) is 0 Å². The van der Waals surface area contributed by atoms with E-state index in [4.69, 9.17) is 14.2 Å². The summed E-state index contributed by atoms with van der Waals surface area (Å²) in [5.74, 6) is 0.428. The van der Waals surface area contributed by atoms with Crippen LogP contribution in [0.25, 0.3) is 21.9 Å². The standard InChI is InChI=1S/C20H16O5/c1-23-15-10-14-16-13(19(21)25-20(14)22)9-8-12(17(16)18(15)24-2)11-6-4-3-5-7-11/h3-10,20,22H,1-2H3. The Bertz CT molecular complexity index is 979. The Labute approximate surface area is 144 Å². The van der Waals surface area contributed by atoms with Gasteiger partial charge in [0.1, 0.15) is 0 Å². The third kappa shape index (κ3) is 2.24. The van der Waals surface area contributed by atoms with Crippen molar-refractivity contribution in [2.24, 2.45) is 0 Å². The Morgan fingerprint density at radius 1 is 0.960 bits per heavy atom. The Hall–Kier alpha value is -3.05. The summed E-state index contributed by atoms with van der Waals surface area (Å²) >= 11 is 0. The molecule has 25 heavy (non-hydrogen) atoms. The molecule has 0 aromatic heterocycles. The predicted octanol–water partition coefficient (Wildman–Crippen LogP) is 3.69. The van der Waals surface area contributed by atoms with Gasteiger partial charge in [-0.2, -0.15) is 0 Å². The smallest absolute Gasteiger partial charge is 0.341 e. The number of carbonyl (C=O) groups excluding carboxylic acids is 1. The SMILES string of the molecule is COc1cc2c3c(ccc(-c4ccccc4)c3c1OC)C(=O)OC2O. The third-order valence-electron chi connectivity index (χ3n) is 4.44. The molecular weight excluding hydrogens is 320 g/mol. The van der Waals surface area contributed by atoms with Gasteiger partial charge in [0.05, 0.1) is 19.8 Å². The summed E-state index contributed by atoms with van der Waals surface area (Å²) in [6.07, 6.45) is -1.34. The van der Waals surface area contributed by atoms with E-state index >= 15 is 0 Å². The van der Waals surface area contributed by atoms with Gasteiger partial charge in [-0.3, -0.25) is 0 Å². The molecule has 0 amide bonds. The number of benzene rings is 3. The molecule has 1 atom stereocenters. The van der Waals surface area contributed by atoms with Crippen molar-refractivity contribution in [2.75, 3.05) is 14.2 Å². The molecule has 1 N–H and O–H groups in total. The maximum Gasteiger partial charge on any atom is 0.341 e. The number of methoxy groups -OCH3 is 2. The van der Waals surface area contributed by atoms with E-state index in [1.807, 2.05) is 36.4 Å². The molecule has 5 heteroatoms. The number of carbonyl (C=O) groups is 1. The van der Waals surface area contributed by atoms with Gasteiger partial charge < -0.3 is 19.3 Å². The zero-order valence-corrected chi connectivity index (χ0v) is 13.8. The van der Waals surface area contributed by atoms with Crippen molar-refractivity contribution in [3.8, 4) is 22.6 Å². The number of aliphatic hydroxyl groups excluding tert-OH is 1. The fraction of sp³-hybridized carbons (Fsp3) is 0.150. The Kier molecular flexibility index (Phi) is 3.58. The van der Waals surface area contributed by atoms with Gasteiger partial charge in [-0.25, -0.2) is 4.79 Å². The van der Waals surface area contributed by atoms with Crippen LogP contribution in [0.3, 0.4) is 0 Å².